The summed E-state index contributed by atoms with van der Waals surface area (Å²) in [5.41, 5.74) is 1.83. The first-order valence-electron chi connectivity index (χ1n) is 4.72. The van der Waals surface area contributed by atoms with Crippen molar-refractivity contribution in [1.82, 2.24) is 0 Å². The van der Waals surface area contributed by atoms with E-state index in [0.29, 0.717) is 11.1 Å². The molecule has 0 fully saturated rings. The number of rotatable bonds is 1. The van der Waals surface area contributed by atoms with Crippen LogP contribution in [-0.2, 0) is 0 Å². The first kappa shape index (κ1) is 9.77. The molecule has 78 valence electrons. The lowest BCUT2D eigenvalue weighted by Gasteiger charge is -2.08. The van der Waals surface area contributed by atoms with Gasteiger partial charge in [0.25, 0.3) is 0 Å². The van der Waals surface area contributed by atoms with Crippen LogP contribution >= 0.6 is 0 Å². The molecular weight excluding hydrogens is 192 g/mol. The SMILES string of the molecule is COc1cccc2oc(=O)c(C)c(C)c12. The predicted molar refractivity (Wildman–Crippen MR) is 58.5 cm³/mol. The van der Waals surface area contributed by atoms with Gasteiger partial charge >= 0.3 is 5.63 Å². The molecule has 0 aliphatic rings. The summed E-state index contributed by atoms with van der Waals surface area (Å²) in [7, 11) is 1.61. The van der Waals surface area contributed by atoms with E-state index in [0.717, 1.165) is 16.7 Å². The van der Waals surface area contributed by atoms with Gasteiger partial charge in [-0.15, -0.1) is 0 Å². The van der Waals surface area contributed by atoms with Gasteiger partial charge in [-0.05, 0) is 31.5 Å². The number of hydrogen-bond acceptors (Lipinski definition) is 3. The van der Waals surface area contributed by atoms with Crippen LogP contribution < -0.4 is 10.4 Å². The van der Waals surface area contributed by atoms with Crippen molar-refractivity contribution in [2.45, 2.75) is 13.8 Å². The molecular formula is C12H12O3. The van der Waals surface area contributed by atoms with Gasteiger partial charge < -0.3 is 9.15 Å². The van der Waals surface area contributed by atoms with Gasteiger partial charge in [-0.3, -0.25) is 0 Å². The van der Waals surface area contributed by atoms with Gasteiger partial charge in [0.1, 0.15) is 11.3 Å². The average Bonchev–Trinajstić information content (AvgIpc) is 2.25. The molecule has 15 heavy (non-hydrogen) atoms. The van der Waals surface area contributed by atoms with Crippen molar-refractivity contribution in [1.29, 1.82) is 0 Å². The molecule has 1 heterocycles. The monoisotopic (exact) mass is 204 g/mol. The summed E-state index contributed by atoms with van der Waals surface area (Å²) in [6, 6.07) is 5.43. The van der Waals surface area contributed by atoms with Crippen molar-refractivity contribution in [2.75, 3.05) is 7.11 Å². The van der Waals surface area contributed by atoms with E-state index in [1.54, 1.807) is 26.2 Å². The van der Waals surface area contributed by atoms with Crippen molar-refractivity contribution in [3.8, 4) is 5.75 Å². The van der Waals surface area contributed by atoms with Gasteiger partial charge in [-0.25, -0.2) is 4.79 Å². The fourth-order valence-corrected chi connectivity index (χ4v) is 1.65. The molecule has 3 heteroatoms. The lowest BCUT2D eigenvalue weighted by atomic mass is 10.1. The zero-order valence-corrected chi connectivity index (χ0v) is 8.96. The first-order valence-corrected chi connectivity index (χ1v) is 4.72. The van der Waals surface area contributed by atoms with Crippen molar-refractivity contribution < 1.29 is 9.15 Å². The molecule has 2 rings (SSSR count). The highest BCUT2D eigenvalue weighted by Gasteiger charge is 2.10. The Balaban J connectivity index is 2.99. The zero-order chi connectivity index (χ0) is 11.0. The minimum atomic E-state index is -0.284. The van der Waals surface area contributed by atoms with Crippen molar-refractivity contribution >= 4 is 11.0 Å². The van der Waals surface area contributed by atoms with Crippen LogP contribution in [0, 0.1) is 13.8 Å². The smallest absolute Gasteiger partial charge is 0.339 e. The van der Waals surface area contributed by atoms with Gasteiger partial charge in [0.15, 0.2) is 0 Å². The largest absolute Gasteiger partial charge is 0.496 e. The summed E-state index contributed by atoms with van der Waals surface area (Å²) in [5.74, 6) is 0.733. The van der Waals surface area contributed by atoms with Crippen molar-refractivity contribution in [3.05, 3.63) is 39.7 Å². The third-order valence-corrected chi connectivity index (χ3v) is 2.65. The average molecular weight is 204 g/mol. The van der Waals surface area contributed by atoms with Crippen LogP contribution in [0.1, 0.15) is 11.1 Å². The summed E-state index contributed by atoms with van der Waals surface area (Å²) in [5, 5.41) is 0.872. The molecule has 0 N–H and O–H groups in total. The fourth-order valence-electron chi connectivity index (χ4n) is 1.65. The third kappa shape index (κ3) is 1.40. The second-order valence-corrected chi connectivity index (χ2v) is 3.47. The zero-order valence-electron chi connectivity index (χ0n) is 8.96. The van der Waals surface area contributed by atoms with Crippen LogP contribution in [0.15, 0.2) is 27.4 Å². The second-order valence-electron chi connectivity index (χ2n) is 3.47. The normalized spacial score (nSPS) is 10.6. The molecule has 0 aliphatic carbocycles. The lowest BCUT2D eigenvalue weighted by molar-refractivity contribution is 0.418. The fraction of sp³-hybridized carbons (Fsp3) is 0.250. The summed E-state index contributed by atoms with van der Waals surface area (Å²) in [6.07, 6.45) is 0. The Bertz CT molecular complexity index is 567. The maximum Gasteiger partial charge on any atom is 0.339 e. The molecule has 2 aromatic rings. The summed E-state index contributed by atoms with van der Waals surface area (Å²) >= 11 is 0. The first-order chi connectivity index (χ1) is 7.15. The summed E-state index contributed by atoms with van der Waals surface area (Å²) in [6.45, 7) is 3.66. The molecule has 0 unspecified atom stereocenters. The van der Waals surface area contributed by atoms with Gasteiger partial charge in [-0.1, -0.05) is 6.07 Å². The van der Waals surface area contributed by atoms with E-state index in [2.05, 4.69) is 0 Å². The van der Waals surface area contributed by atoms with Gasteiger partial charge in [0.2, 0.25) is 0 Å². The van der Waals surface area contributed by atoms with E-state index in [-0.39, 0.29) is 5.63 Å². The molecule has 0 radical (unpaired) electrons. The van der Waals surface area contributed by atoms with Crippen LogP contribution in [-0.4, -0.2) is 7.11 Å². The van der Waals surface area contributed by atoms with E-state index >= 15 is 0 Å². The highest BCUT2D eigenvalue weighted by atomic mass is 16.5. The highest BCUT2D eigenvalue weighted by molar-refractivity contribution is 5.87. The molecule has 3 nitrogen and oxygen atoms in total. The Kier molecular flexibility index (Phi) is 2.23. The third-order valence-electron chi connectivity index (χ3n) is 2.65. The van der Waals surface area contributed by atoms with Gasteiger partial charge in [0.05, 0.1) is 12.5 Å². The Labute approximate surface area is 87.3 Å². The number of fused-ring (bicyclic) bond motifs is 1. The Morgan fingerprint density at radius 3 is 2.60 bits per heavy atom. The van der Waals surface area contributed by atoms with E-state index < -0.39 is 0 Å². The standard InChI is InChI=1S/C12H12O3/c1-7-8(2)12(13)15-10-6-4-5-9(14-3)11(7)10/h4-6H,1-3H3. The molecule has 0 saturated carbocycles. The second kappa shape index (κ2) is 3.42. The topological polar surface area (TPSA) is 39.4 Å². The van der Waals surface area contributed by atoms with Crippen LogP contribution in [0.4, 0.5) is 0 Å². The van der Waals surface area contributed by atoms with E-state index in [1.807, 2.05) is 13.0 Å². The number of aryl methyl sites for hydroxylation is 1. The molecule has 1 aromatic heterocycles. The number of hydrogen-bond donors (Lipinski definition) is 0. The molecule has 0 aliphatic heterocycles. The van der Waals surface area contributed by atoms with Crippen LogP contribution in [0.25, 0.3) is 11.0 Å². The van der Waals surface area contributed by atoms with E-state index in [4.69, 9.17) is 9.15 Å². The van der Waals surface area contributed by atoms with E-state index in [1.165, 1.54) is 0 Å². The minimum Gasteiger partial charge on any atom is -0.496 e. The predicted octanol–water partition coefficient (Wildman–Crippen LogP) is 2.42. The number of benzene rings is 1. The molecule has 0 atom stereocenters. The number of methoxy groups -OCH3 is 1. The maximum absolute atomic E-state index is 11.4. The Morgan fingerprint density at radius 1 is 1.20 bits per heavy atom. The minimum absolute atomic E-state index is 0.284. The van der Waals surface area contributed by atoms with Gasteiger partial charge in [0, 0.05) is 5.56 Å². The molecule has 0 bridgehead atoms. The number of ether oxygens (including phenoxy) is 1. The van der Waals surface area contributed by atoms with Crippen molar-refractivity contribution in [2.24, 2.45) is 0 Å². The Hall–Kier alpha value is -1.77. The Morgan fingerprint density at radius 2 is 1.93 bits per heavy atom. The van der Waals surface area contributed by atoms with Gasteiger partial charge in [-0.2, -0.15) is 0 Å². The van der Waals surface area contributed by atoms with E-state index in [9.17, 15) is 4.79 Å². The molecule has 0 amide bonds. The maximum atomic E-state index is 11.4. The van der Waals surface area contributed by atoms with Crippen molar-refractivity contribution in [3.63, 3.8) is 0 Å². The summed E-state index contributed by atoms with van der Waals surface area (Å²) < 4.78 is 10.4. The quantitative estimate of drug-likeness (QED) is 0.669. The van der Waals surface area contributed by atoms with Crippen LogP contribution in [0.2, 0.25) is 0 Å². The molecule has 0 spiro atoms. The lowest BCUT2D eigenvalue weighted by Crippen LogP contribution is -2.06. The van der Waals surface area contributed by atoms with Crippen LogP contribution in [0.5, 0.6) is 5.75 Å². The van der Waals surface area contributed by atoms with Crippen LogP contribution in [0.3, 0.4) is 0 Å². The highest BCUT2D eigenvalue weighted by Crippen LogP contribution is 2.28. The molecule has 1 aromatic carbocycles. The molecule has 0 saturated heterocycles. The summed E-state index contributed by atoms with van der Waals surface area (Å²) in [4.78, 5) is 11.4.